The van der Waals surface area contributed by atoms with Crippen LogP contribution in [0, 0.1) is 12.4 Å². The highest BCUT2D eigenvalue weighted by molar-refractivity contribution is 6.31. The molecule has 1 fully saturated rings. The number of piperidine rings is 1. The molecule has 10 nitrogen and oxygen atoms in total. The topological polar surface area (TPSA) is 111 Å². The molecule has 1 aromatic carbocycles. The maximum Gasteiger partial charge on any atom is 0.296 e. The van der Waals surface area contributed by atoms with Crippen LogP contribution in [0.3, 0.4) is 0 Å². The van der Waals surface area contributed by atoms with Crippen molar-refractivity contribution in [3.05, 3.63) is 75.8 Å². The molecule has 14 heteroatoms. The van der Waals surface area contributed by atoms with Gasteiger partial charge in [0.15, 0.2) is 0 Å². The van der Waals surface area contributed by atoms with Gasteiger partial charge in [0, 0.05) is 35.9 Å². The van der Waals surface area contributed by atoms with E-state index in [0.717, 1.165) is 46.5 Å². The van der Waals surface area contributed by atoms with Crippen molar-refractivity contribution in [2.75, 3.05) is 13.1 Å². The van der Waals surface area contributed by atoms with Gasteiger partial charge in [0.1, 0.15) is 12.4 Å². The van der Waals surface area contributed by atoms with Gasteiger partial charge in [-0.15, -0.1) is 5.10 Å². The Morgan fingerprint density at radius 1 is 1.20 bits per heavy atom. The molecule has 1 saturated heterocycles. The van der Waals surface area contributed by atoms with Crippen molar-refractivity contribution in [3.8, 4) is 11.3 Å². The highest BCUT2D eigenvalue weighted by Crippen LogP contribution is 2.34. The van der Waals surface area contributed by atoms with E-state index in [1.165, 1.54) is 20.3 Å². The number of benzene rings is 1. The summed E-state index contributed by atoms with van der Waals surface area (Å²) in [5.41, 5.74) is 1.97. The number of hydrogen-bond donors (Lipinski definition) is 1. The third kappa shape index (κ3) is 5.23. The number of carbonyl (C=O) groups is 1. The molecule has 2 aliphatic rings. The largest absolute Gasteiger partial charge is 0.388 e. The fraction of sp³-hybridized carbons (Fsp3) is 0.407. The summed E-state index contributed by atoms with van der Waals surface area (Å²) in [5, 5.41) is 19.7. The minimum absolute atomic E-state index is 0.0771. The van der Waals surface area contributed by atoms with Crippen LogP contribution in [-0.4, -0.2) is 70.0 Å². The number of halogens is 4. The van der Waals surface area contributed by atoms with E-state index in [1.807, 2.05) is 12.1 Å². The van der Waals surface area contributed by atoms with Crippen LogP contribution in [0.5, 0.6) is 0 Å². The second-order valence-corrected chi connectivity index (χ2v) is 11.0. The Labute approximate surface area is 237 Å². The smallest absolute Gasteiger partial charge is 0.296 e. The van der Waals surface area contributed by atoms with Crippen molar-refractivity contribution in [2.24, 2.45) is 0 Å². The lowest BCUT2D eigenvalue weighted by molar-refractivity contribution is -0.138. The van der Waals surface area contributed by atoms with E-state index in [1.54, 1.807) is 6.20 Å². The molecule has 1 N–H and O–H groups in total. The van der Waals surface area contributed by atoms with Crippen molar-refractivity contribution in [3.63, 3.8) is 0 Å². The number of nitrogens with zero attached hydrogens (tertiary/aromatic N) is 7. The number of amides is 1. The molecule has 1 radical (unpaired) electrons. The summed E-state index contributed by atoms with van der Waals surface area (Å²) >= 11 is 6.48. The molecule has 1 unspecified atom stereocenters. The van der Waals surface area contributed by atoms with Gasteiger partial charge in [0.05, 0.1) is 30.5 Å². The van der Waals surface area contributed by atoms with Crippen molar-refractivity contribution in [1.29, 1.82) is 0 Å². The van der Waals surface area contributed by atoms with Gasteiger partial charge in [-0.05, 0) is 55.4 Å². The molecule has 1 amide bonds. The number of alkyl halides is 2. The highest BCUT2D eigenvalue weighted by Gasteiger charge is 2.36. The van der Waals surface area contributed by atoms with Crippen LogP contribution < -0.4 is 5.56 Å². The maximum absolute atomic E-state index is 13.6. The molecular weight excluding hydrogens is 563 g/mol. The van der Waals surface area contributed by atoms with E-state index in [-0.39, 0.29) is 38.1 Å². The third-order valence-corrected chi connectivity index (χ3v) is 8.23. The van der Waals surface area contributed by atoms with Crippen LogP contribution in [-0.2, 0) is 24.2 Å². The van der Waals surface area contributed by atoms with E-state index < -0.39 is 41.9 Å². The molecule has 0 bridgehead atoms. The molecule has 1 aliphatic heterocycles. The van der Waals surface area contributed by atoms with Crippen molar-refractivity contribution in [1.82, 2.24) is 33.8 Å². The Bertz CT molecular complexity index is 1680. The zero-order valence-corrected chi connectivity index (χ0v) is 22.5. The zero-order valence-electron chi connectivity index (χ0n) is 21.8. The predicted molar refractivity (Wildman–Crippen MR) is 142 cm³/mol. The first-order valence-corrected chi connectivity index (χ1v) is 13.6. The Balaban J connectivity index is 1.14. The number of carbonyl (C=O) groups excluding carboxylic acids is 1. The Hall–Kier alpha value is -3.71. The van der Waals surface area contributed by atoms with Crippen LogP contribution in [0.25, 0.3) is 16.9 Å². The fourth-order valence-corrected chi connectivity index (χ4v) is 5.91. The summed E-state index contributed by atoms with van der Waals surface area (Å²) in [6, 6.07) is 3.21. The monoisotopic (exact) mass is 588 g/mol. The molecule has 41 heavy (non-hydrogen) atoms. The number of aromatic nitrogens is 6. The summed E-state index contributed by atoms with van der Waals surface area (Å²) in [7, 11) is 0. The van der Waals surface area contributed by atoms with Gasteiger partial charge in [-0.3, -0.25) is 18.8 Å². The molecule has 3 aromatic heterocycles. The number of fused-ring (bicyclic) bond motifs is 2. The summed E-state index contributed by atoms with van der Waals surface area (Å²) in [5.74, 6) is -1.46. The van der Waals surface area contributed by atoms with E-state index >= 15 is 0 Å². The zero-order chi connectivity index (χ0) is 28.9. The molecule has 1 atom stereocenters. The average Bonchev–Trinajstić information content (AvgIpc) is 3.69. The SMILES string of the molecule is O=C(CC(C(F)F)n1ccc(F)n1)N1CCC(O)(Cn2cnn3c(-c4cc(Cl)c5c(c4)C[CH]C5)cnc3c2=O)CC1. The molecule has 4 aromatic rings. The maximum atomic E-state index is 13.6. The Kier molecular flexibility index (Phi) is 7.10. The molecule has 1 aliphatic carbocycles. The van der Waals surface area contributed by atoms with Crippen molar-refractivity contribution >= 4 is 23.2 Å². The van der Waals surface area contributed by atoms with Gasteiger partial charge >= 0.3 is 0 Å². The summed E-state index contributed by atoms with van der Waals surface area (Å²) in [6.07, 6.45) is 4.53. The van der Waals surface area contributed by atoms with Crippen LogP contribution in [0.2, 0.25) is 5.02 Å². The first-order chi connectivity index (χ1) is 19.6. The number of rotatable bonds is 7. The Morgan fingerprint density at radius 2 is 1.98 bits per heavy atom. The molecule has 0 spiro atoms. The summed E-state index contributed by atoms with van der Waals surface area (Å²) < 4.78 is 43.8. The van der Waals surface area contributed by atoms with Crippen LogP contribution >= 0.6 is 11.6 Å². The molecule has 6 rings (SSSR count). The lowest BCUT2D eigenvalue weighted by Crippen LogP contribution is -2.50. The van der Waals surface area contributed by atoms with E-state index in [0.29, 0.717) is 10.7 Å². The number of imidazole rings is 1. The van der Waals surface area contributed by atoms with Gasteiger partial charge in [-0.2, -0.15) is 9.49 Å². The summed E-state index contributed by atoms with van der Waals surface area (Å²) in [6.45, 7) is 0.132. The van der Waals surface area contributed by atoms with Gasteiger partial charge in [-0.25, -0.2) is 18.3 Å². The van der Waals surface area contributed by atoms with Gasteiger partial charge in [0.25, 0.3) is 12.0 Å². The van der Waals surface area contributed by atoms with E-state index in [2.05, 4.69) is 21.6 Å². The van der Waals surface area contributed by atoms with Gasteiger partial charge < -0.3 is 10.0 Å². The first kappa shape index (κ1) is 27.5. The number of likely N-dealkylation sites (tertiary alicyclic amines) is 1. The molecule has 4 heterocycles. The number of aliphatic hydroxyl groups is 1. The minimum Gasteiger partial charge on any atom is -0.388 e. The molecular formula is C27H26ClF3N7O3. The van der Waals surface area contributed by atoms with Crippen LogP contribution in [0.1, 0.15) is 36.4 Å². The first-order valence-electron chi connectivity index (χ1n) is 13.2. The predicted octanol–water partition coefficient (Wildman–Crippen LogP) is 3.10. The highest BCUT2D eigenvalue weighted by atomic mass is 35.5. The lowest BCUT2D eigenvalue weighted by atomic mass is 9.91. The van der Waals surface area contributed by atoms with Crippen LogP contribution in [0.4, 0.5) is 13.2 Å². The van der Waals surface area contributed by atoms with Crippen LogP contribution in [0.15, 0.2) is 41.7 Å². The third-order valence-electron chi connectivity index (χ3n) is 7.89. The quantitative estimate of drug-likeness (QED) is 0.355. The van der Waals surface area contributed by atoms with Crippen molar-refractivity contribution in [2.45, 2.75) is 56.7 Å². The standard InChI is InChI=1S/C27H26ClF3N7O3/c28-19-11-17(10-16-2-1-3-18(16)19)21-13-32-25-26(40)36(15-33-38(21)25)14-27(41)5-8-35(9-6-27)23(39)12-20(24(30)31)37-7-4-22(29)34-37/h1,4,7,10-11,13,15,20,24,41H,2-3,5-6,8-9,12,14H2. The normalized spacial score (nSPS) is 17.4. The molecule has 0 saturated carbocycles. The minimum atomic E-state index is -2.92. The second kappa shape index (κ2) is 10.6. The average molecular weight is 589 g/mol. The number of hydrogen-bond acceptors (Lipinski definition) is 6. The second-order valence-electron chi connectivity index (χ2n) is 10.6. The molecule has 215 valence electrons. The lowest BCUT2D eigenvalue weighted by Gasteiger charge is -2.38. The fourth-order valence-electron chi connectivity index (χ4n) is 5.59. The van der Waals surface area contributed by atoms with E-state index in [4.69, 9.17) is 11.6 Å². The Morgan fingerprint density at radius 3 is 2.68 bits per heavy atom. The summed E-state index contributed by atoms with van der Waals surface area (Å²) in [4.78, 5) is 31.7. The van der Waals surface area contributed by atoms with E-state index in [9.17, 15) is 27.9 Å². The van der Waals surface area contributed by atoms with Crippen molar-refractivity contribution < 1.29 is 23.1 Å². The van der Waals surface area contributed by atoms with Gasteiger partial charge in [0.2, 0.25) is 17.5 Å². The van der Waals surface area contributed by atoms with Gasteiger partial charge in [-0.1, -0.05) is 11.6 Å².